The number of carboxylic acid groups (broad SMARTS) is 1. The minimum Gasteiger partial charge on any atom is -0.480 e. The van der Waals surface area contributed by atoms with Gasteiger partial charge in [-0.3, -0.25) is 9.59 Å². The Labute approximate surface area is 234 Å². The summed E-state index contributed by atoms with van der Waals surface area (Å²) in [5.74, 6) is -2.04. The summed E-state index contributed by atoms with van der Waals surface area (Å²) in [5.41, 5.74) is 12.7. The van der Waals surface area contributed by atoms with Crippen LogP contribution in [0.4, 0.5) is 5.69 Å². The number of amides is 1. The lowest BCUT2D eigenvalue weighted by Gasteiger charge is -2.21. The van der Waals surface area contributed by atoms with Gasteiger partial charge in [-0.2, -0.15) is 9.59 Å². The molecule has 1 amide bonds. The van der Waals surface area contributed by atoms with E-state index < -0.39 is 24.4 Å². The van der Waals surface area contributed by atoms with Crippen LogP contribution in [0.3, 0.4) is 0 Å². The number of rotatable bonds is 9. The molecule has 0 fully saturated rings. The molecular formula is C26H24Cl2N4O7. The summed E-state index contributed by atoms with van der Waals surface area (Å²) >= 11 is 6.33. The molecule has 39 heavy (non-hydrogen) atoms. The number of benzene rings is 3. The number of hydrogen-bond donors (Lipinski definition) is 3. The highest BCUT2D eigenvalue weighted by Gasteiger charge is 2.19. The van der Waals surface area contributed by atoms with Crippen LogP contribution in [0.15, 0.2) is 77.8 Å². The summed E-state index contributed by atoms with van der Waals surface area (Å²) in [6, 6.07) is 19.8. The van der Waals surface area contributed by atoms with E-state index in [1.165, 1.54) is 29.2 Å². The summed E-state index contributed by atoms with van der Waals surface area (Å²) in [5, 5.41) is 9.42. The Kier molecular flexibility index (Phi) is 13.4. The van der Waals surface area contributed by atoms with Crippen molar-refractivity contribution in [3.8, 4) is 5.75 Å². The maximum Gasteiger partial charge on any atom is 0.373 e. The smallest absolute Gasteiger partial charge is 0.373 e. The van der Waals surface area contributed by atoms with Crippen LogP contribution >= 0.6 is 24.0 Å². The van der Waals surface area contributed by atoms with Crippen molar-refractivity contribution in [1.82, 2.24) is 4.90 Å². The van der Waals surface area contributed by atoms with Crippen LogP contribution in [0.1, 0.15) is 21.5 Å². The van der Waals surface area contributed by atoms with Gasteiger partial charge in [-0.05, 0) is 47.5 Å². The molecule has 0 bridgehead atoms. The summed E-state index contributed by atoms with van der Waals surface area (Å²) < 4.78 is 5.36. The highest BCUT2D eigenvalue weighted by Crippen LogP contribution is 2.25. The molecule has 0 spiro atoms. The first kappa shape index (κ1) is 32.3. The van der Waals surface area contributed by atoms with Gasteiger partial charge in [-0.1, -0.05) is 48.0 Å². The minimum atomic E-state index is -1.12. The van der Waals surface area contributed by atoms with Gasteiger partial charge in [0.1, 0.15) is 12.3 Å². The number of hydrogen-bond acceptors (Lipinski definition) is 7. The number of nitrogens with two attached hydrogens (primary N) is 2. The van der Waals surface area contributed by atoms with E-state index in [1.807, 2.05) is 30.3 Å². The van der Waals surface area contributed by atoms with E-state index in [1.54, 1.807) is 18.2 Å². The Morgan fingerprint density at radius 1 is 0.974 bits per heavy atom. The zero-order valence-corrected chi connectivity index (χ0v) is 21.9. The molecular weight excluding hydrogens is 551 g/mol. The number of carboxylic acids is 1. The number of aliphatic imine (C=N–C) groups is 1. The normalized spacial score (nSPS) is 9.46. The lowest BCUT2D eigenvalue weighted by atomic mass is 10.1. The van der Waals surface area contributed by atoms with Crippen LogP contribution in [-0.4, -0.2) is 46.5 Å². The van der Waals surface area contributed by atoms with E-state index in [-0.39, 0.29) is 53.8 Å². The Morgan fingerprint density at radius 3 is 2.13 bits per heavy atom. The molecule has 0 saturated carbocycles. The first-order valence-electron chi connectivity index (χ1n) is 10.9. The van der Waals surface area contributed by atoms with Crippen molar-refractivity contribution in [2.45, 2.75) is 13.0 Å². The molecule has 13 heteroatoms. The van der Waals surface area contributed by atoms with Gasteiger partial charge in [0, 0.05) is 11.6 Å². The van der Waals surface area contributed by atoms with Gasteiger partial charge < -0.3 is 26.2 Å². The number of carbonyl (C=O) groups excluding carboxylic acids is 4. The van der Waals surface area contributed by atoms with E-state index >= 15 is 0 Å². The van der Waals surface area contributed by atoms with E-state index in [2.05, 4.69) is 4.99 Å². The Morgan fingerprint density at radius 2 is 1.59 bits per heavy atom. The topological polar surface area (TPSA) is 182 Å². The fraction of sp³-hybridized carbons (Fsp3) is 0.115. The fourth-order valence-corrected chi connectivity index (χ4v) is 3.43. The maximum absolute atomic E-state index is 12.8. The third-order valence-electron chi connectivity index (χ3n) is 4.83. The van der Waals surface area contributed by atoms with Crippen LogP contribution in [-0.2, 0) is 32.1 Å². The number of nitrogens with zero attached hydrogens (tertiary/aromatic N) is 2. The first-order chi connectivity index (χ1) is 18.1. The molecule has 0 aliphatic heterocycles. The molecule has 0 atom stereocenters. The van der Waals surface area contributed by atoms with Gasteiger partial charge in [0.05, 0.1) is 17.7 Å². The van der Waals surface area contributed by atoms with Crippen molar-refractivity contribution in [2.75, 3.05) is 6.54 Å². The van der Waals surface area contributed by atoms with Crippen LogP contribution in [0.2, 0.25) is 5.02 Å². The van der Waals surface area contributed by atoms with Crippen LogP contribution in [0.5, 0.6) is 5.75 Å². The Balaban J connectivity index is 0.00000181. The number of ether oxygens (including phenoxy) is 1. The van der Waals surface area contributed by atoms with Crippen molar-refractivity contribution < 1.29 is 33.8 Å². The van der Waals surface area contributed by atoms with Gasteiger partial charge in [-0.25, -0.2) is 9.79 Å². The number of esters is 1. The molecule has 0 heterocycles. The first-order valence-corrected chi connectivity index (χ1v) is 11.2. The van der Waals surface area contributed by atoms with Crippen molar-refractivity contribution >= 4 is 59.7 Å². The quantitative estimate of drug-likeness (QED) is 0.149. The number of halogens is 2. The monoisotopic (exact) mass is 574 g/mol. The summed E-state index contributed by atoms with van der Waals surface area (Å²) in [6.45, 7) is -0.287. The molecule has 0 aliphatic rings. The zero-order chi connectivity index (χ0) is 28.1. The average Bonchev–Trinajstić information content (AvgIpc) is 2.86. The van der Waals surface area contributed by atoms with Crippen LogP contribution < -0.4 is 16.2 Å². The largest absolute Gasteiger partial charge is 0.480 e. The molecule has 0 unspecified atom stereocenters. The Bertz CT molecular complexity index is 1340. The molecule has 3 aromatic carbocycles. The van der Waals surface area contributed by atoms with E-state index in [4.69, 9.17) is 37.4 Å². The second-order valence-electron chi connectivity index (χ2n) is 7.62. The zero-order valence-electron chi connectivity index (χ0n) is 20.3. The molecule has 11 nitrogen and oxygen atoms in total. The molecule has 3 rings (SSSR count). The lowest BCUT2D eigenvalue weighted by molar-refractivity contribution is -0.191. The standard InChI is InChI=1S/C25H23ClN4O5.CO2.ClH/c26-21-13-20(35-24(34)17-6-9-19(10-7-17)29-25(27)28)11-8-18(21)12-22(31)30(15-23(32)33)14-16-4-2-1-3-5-16;2-1-3;/h1-11,13H,12,14-15H2,(H,32,33)(H4,27,28,29);;1H. The molecule has 0 radical (unpaired) electrons. The van der Waals surface area contributed by atoms with Gasteiger partial charge in [0.15, 0.2) is 5.96 Å². The van der Waals surface area contributed by atoms with Gasteiger partial charge in [-0.15, -0.1) is 12.4 Å². The molecule has 0 aromatic heterocycles. The third-order valence-corrected chi connectivity index (χ3v) is 5.18. The maximum atomic E-state index is 12.8. The molecule has 3 aromatic rings. The summed E-state index contributed by atoms with van der Waals surface area (Å²) in [7, 11) is 0. The predicted molar refractivity (Wildman–Crippen MR) is 144 cm³/mol. The molecule has 5 N–H and O–H groups in total. The van der Waals surface area contributed by atoms with Crippen molar-refractivity contribution in [3.05, 3.63) is 94.5 Å². The van der Waals surface area contributed by atoms with Gasteiger partial charge in [0.2, 0.25) is 5.91 Å². The minimum absolute atomic E-state index is 0. The average molecular weight is 575 g/mol. The summed E-state index contributed by atoms with van der Waals surface area (Å²) in [6.07, 6.45) is 0.138. The van der Waals surface area contributed by atoms with Gasteiger partial charge >= 0.3 is 18.1 Å². The molecule has 0 aliphatic carbocycles. The summed E-state index contributed by atoms with van der Waals surface area (Å²) in [4.78, 5) is 57.9. The van der Waals surface area contributed by atoms with E-state index in [0.717, 1.165) is 5.56 Å². The second-order valence-corrected chi connectivity index (χ2v) is 8.02. The fourth-order valence-electron chi connectivity index (χ4n) is 3.20. The third kappa shape index (κ3) is 11.1. The van der Waals surface area contributed by atoms with Gasteiger partial charge in [0.25, 0.3) is 0 Å². The van der Waals surface area contributed by atoms with Crippen molar-refractivity contribution in [2.24, 2.45) is 16.5 Å². The number of aliphatic carboxylic acids is 1. The highest BCUT2D eigenvalue weighted by molar-refractivity contribution is 6.31. The van der Waals surface area contributed by atoms with Crippen molar-refractivity contribution in [1.29, 1.82) is 0 Å². The molecule has 204 valence electrons. The number of carbonyl (C=O) groups is 3. The second kappa shape index (κ2) is 16.2. The van der Waals surface area contributed by atoms with Crippen molar-refractivity contribution in [3.63, 3.8) is 0 Å². The van der Waals surface area contributed by atoms with E-state index in [0.29, 0.717) is 11.3 Å². The SMILES string of the molecule is Cl.NC(N)=Nc1ccc(C(=O)Oc2ccc(CC(=O)N(CC(=O)O)Cc3ccccc3)c(Cl)c2)cc1.O=C=O. The van der Waals surface area contributed by atoms with Crippen LogP contribution in [0.25, 0.3) is 0 Å². The molecule has 0 saturated heterocycles. The van der Waals surface area contributed by atoms with Crippen LogP contribution in [0, 0.1) is 0 Å². The van der Waals surface area contributed by atoms with E-state index in [9.17, 15) is 19.5 Å². The Hall–Kier alpha value is -4.70. The lowest BCUT2D eigenvalue weighted by Crippen LogP contribution is -2.36. The predicted octanol–water partition coefficient (Wildman–Crippen LogP) is 2.96. The number of guanidine groups is 1. The highest BCUT2D eigenvalue weighted by atomic mass is 35.5.